The van der Waals surface area contributed by atoms with E-state index in [1.807, 2.05) is 24.3 Å². The standard InChI is InChI=1S/C17H16INO3/c1-22-13-8-6-12(7-9-13)16(20)10-11-17(21)19-15-5-3-2-4-14(15)18/h2-9H,10-11H2,1H3,(H,19,21). The predicted molar refractivity (Wildman–Crippen MR) is 94.3 cm³/mol. The van der Waals surface area contributed by atoms with Crippen LogP contribution in [0, 0.1) is 3.57 Å². The van der Waals surface area contributed by atoms with E-state index < -0.39 is 0 Å². The minimum absolute atomic E-state index is 0.0550. The van der Waals surface area contributed by atoms with E-state index >= 15 is 0 Å². The van der Waals surface area contributed by atoms with Gasteiger partial charge in [-0.2, -0.15) is 0 Å². The molecular weight excluding hydrogens is 393 g/mol. The summed E-state index contributed by atoms with van der Waals surface area (Å²) in [5.41, 5.74) is 1.35. The van der Waals surface area contributed by atoms with E-state index in [0.717, 1.165) is 9.26 Å². The Morgan fingerprint density at radius 2 is 1.73 bits per heavy atom. The molecule has 4 nitrogen and oxygen atoms in total. The Balaban J connectivity index is 1.87. The summed E-state index contributed by atoms with van der Waals surface area (Å²) in [7, 11) is 1.58. The molecule has 0 unspecified atom stereocenters. The molecule has 0 fully saturated rings. The Morgan fingerprint density at radius 3 is 2.36 bits per heavy atom. The van der Waals surface area contributed by atoms with E-state index in [2.05, 4.69) is 27.9 Å². The quantitative estimate of drug-likeness (QED) is 0.582. The van der Waals surface area contributed by atoms with Crippen LogP contribution in [0.2, 0.25) is 0 Å². The number of benzene rings is 2. The highest BCUT2D eigenvalue weighted by Gasteiger charge is 2.10. The smallest absolute Gasteiger partial charge is 0.224 e. The average molecular weight is 409 g/mol. The molecule has 2 aromatic rings. The third kappa shape index (κ3) is 4.56. The molecule has 0 spiro atoms. The van der Waals surface area contributed by atoms with Crippen LogP contribution in [-0.2, 0) is 4.79 Å². The predicted octanol–water partition coefficient (Wildman–Crippen LogP) is 3.90. The lowest BCUT2D eigenvalue weighted by Gasteiger charge is -2.07. The molecule has 0 radical (unpaired) electrons. The van der Waals surface area contributed by atoms with E-state index in [-0.39, 0.29) is 24.5 Å². The average Bonchev–Trinajstić information content (AvgIpc) is 2.55. The Labute approximate surface area is 143 Å². The second-order valence-corrected chi connectivity index (χ2v) is 5.84. The lowest BCUT2D eigenvalue weighted by Crippen LogP contribution is -2.14. The maximum atomic E-state index is 12.0. The van der Waals surface area contributed by atoms with Crippen molar-refractivity contribution in [2.45, 2.75) is 12.8 Å². The van der Waals surface area contributed by atoms with Gasteiger partial charge < -0.3 is 10.1 Å². The molecule has 5 heteroatoms. The number of hydrogen-bond donors (Lipinski definition) is 1. The van der Waals surface area contributed by atoms with Gasteiger partial charge in [-0.15, -0.1) is 0 Å². The van der Waals surface area contributed by atoms with Crippen LogP contribution in [0.15, 0.2) is 48.5 Å². The Hall–Kier alpha value is -1.89. The molecule has 2 aromatic carbocycles. The Morgan fingerprint density at radius 1 is 1.05 bits per heavy atom. The summed E-state index contributed by atoms with van der Waals surface area (Å²) in [5, 5.41) is 2.82. The van der Waals surface area contributed by atoms with Crippen molar-refractivity contribution in [1.29, 1.82) is 0 Å². The van der Waals surface area contributed by atoms with E-state index in [1.165, 1.54) is 0 Å². The number of para-hydroxylation sites is 1. The van der Waals surface area contributed by atoms with Crippen molar-refractivity contribution in [3.8, 4) is 5.75 Å². The topological polar surface area (TPSA) is 55.4 Å². The molecule has 0 heterocycles. The fraction of sp³-hybridized carbons (Fsp3) is 0.176. The number of nitrogens with one attached hydrogen (secondary N) is 1. The van der Waals surface area contributed by atoms with Crippen LogP contribution >= 0.6 is 22.6 Å². The van der Waals surface area contributed by atoms with Crippen LogP contribution in [0.4, 0.5) is 5.69 Å². The summed E-state index contributed by atoms with van der Waals surface area (Å²) in [6.45, 7) is 0. The lowest BCUT2D eigenvalue weighted by molar-refractivity contribution is -0.116. The number of carbonyl (C=O) groups is 2. The fourth-order valence-electron chi connectivity index (χ4n) is 1.92. The molecule has 1 N–H and O–H groups in total. The maximum Gasteiger partial charge on any atom is 0.224 e. The largest absolute Gasteiger partial charge is 0.497 e. The van der Waals surface area contributed by atoms with E-state index in [9.17, 15) is 9.59 Å². The van der Waals surface area contributed by atoms with Gasteiger partial charge in [-0.3, -0.25) is 9.59 Å². The number of Topliss-reactive ketones (excluding diaryl/α,β-unsaturated/α-hetero) is 1. The summed E-state index contributed by atoms with van der Waals surface area (Å²) in [6.07, 6.45) is 0.345. The summed E-state index contributed by atoms with van der Waals surface area (Å²) < 4.78 is 6.02. The van der Waals surface area contributed by atoms with Gasteiger partial charge in [0, 0.05) is 22.0 Å². The van der Waals surface area contributed by atoms with Gasteiger partial charge in [-0.05, 0) is 59.0 Å². The maximum absolute atomic E-state index is 12.0. The number of rotatable bonds is 6. The first-order valence-electron chi connectivity index (χ1n) is 6.82. The van der Waals surface area contributed by atoms with Crippen LogP contribution in [-0.4, -0.2) is 18.8 Å². The summed E-state index contributed by atoms with van der Waals surface area (Å²) in [5.74, 6) is 0.486. The van der Waals surface area contributed by atoms with E-state index in [1.54, 1.807) is 31.4 Å². The molecule has 114 valence electrons. The molecule has 0 aliphatic carbocycles. The zero-order chi connectivity index (χ0) is 15.9. The zero-order valence-corrected chi connectivity index (χ0v) is 14.3. The van der Waals surface area contributed by atoms with Crippen molar-refractivity contribution < 1.29 is 14.3 Å². The first-order chi connectivity index (χ1) is 10.6. The van der Waals surface area contributed by atoms with Crippen molar-refractivity contribution in [1.82, 2.24) is 0 Å². The van der Waals surface area contributed by atoms with Crippen LogP contribution < -0.4 is 10.1 Å². The summed E-state index contributed by atoms with van der Waals surface area (Å²) in [4.78, 5) is 24.0. The molecular formula is C17H16INO3. The van der Waals surface area contributed by atoms with E-state index in [0.29, 0.717) is 11.3 Å². The van der Waals surface area contributed by atoms with Gasteiger partial charge in [0.15, 0.2) is 5.78 Å². The zero-order valence-electron chi connectivity index (χ0n) is 12.1. The van der Waals surface area contributed by atoms with Crippen LogP contribution in [0.1, 0.15) is 23.2 Å². The second-order valence-electron chi connectivity index (χ2n) is 4.68. The first-order valence-corrected chi connectivity index (χ1v) is 7.89. The van der Waals surface area contributed by atoms with Gasteiger partial charge in [0.2, 0.25) is 5.91 Å². The molecule has 0 aromatic heterocycles. The fourth-order valence-corrected chi connectivity index (χ4v) is 2.45. The Kier molecular flexibility index (Phi) is 5.94. The third-order valence-electron chi connectivity index (χ3n) is 3.14. The number of carbonyl (C=O) groups excluding carboxylic acids is 2. The van der Waals surface area contributed by atoms with Crippen molar-refractivity contribution >= 4 is 40.0 Å². The summed E-state index contributed by atoms with van der Waals surface area (Å²) >= 11 is 2.16. The van der Waals surface area contributed by atoms with Gasteiger partial charge in [0.25, 0.3) is 0 Å². The van der Waals surface area contributed by atoms with Crippen molar-refractivity contribution in [3.05, 3.63) is 57.7 Å². The highest BCUT2D eigenvalue weighted by Crippen LogP contribution is 2.18. The van der Waals surface area contributed by atoms with Gasteiger partial charge in [-0.25, -0.2) is 0 Å². The molecule has 1 amide bonds. The minimum atomic E-state index is -0.161. The van der Waals surface area contributed by atoms with Gasteiger partial charge in [-0.1, -0.05) is 12.1 Å². The number of ketones is 1. The molecule has 0 saturated carbocycles. The number of anilines is 1. The van der Waals surface area contributed by atoms with Crippen molar-refractivity contribution in [2.24, 2.45) is 0 Å². The number of amides is 1. The second kappa shape index (κ2) is 7.93. The highest BCUT2D eigenvalue weighted by atomic mass is 127. The molecule has 22 heavy (non-hydrogen) atoms. The molecule has 0 aliphatic heterocycles. The van der Waals surface area contributed by atoms with Gasteiger partial charge in [0.05, 0.1) is 12.8 Å². The number of hydrogen-bond acceptors (Lipinski definition) is 3. The molecule has 0 bridgehead atoms. The molecule has 0 saturated heterocycles. The molecule has 0 atom stereocenters. The van der Waals surface area contributed by atoms with Crippen molar-refractivity contribution in [3.63, 3.8) is 0 Å². The minimum Gasteiger partial charge on any atom is -0.497 e. The number of methoxy groups -OCH3 is 1. The van der Waals surface area contributed by atoms with E-state index in [4.69, 9.17) is 4.74 Å². The molecule has 0 aliphatic rings. The number of halogens is 1. The molecule has 2 rings (SSSR count). The van der Waals surface area contributed by atoms with Crippen molar-refractivity contribution in [2.75, 3.05) is 12.4 Å². The highest BCUT2D eigenvalue weighted by molar-refractivity contribution is 14.1. The number of ether oxygens (including phenoxy) is 1. The Bertz CT molecular complexity index is 668. The van der Waals surface area contributed by atoms with Crippen LogP contribution in [0.3, 0.4) is 0 Å². The SMILES string of the molecule is COc1ccc(C(=O)CCC(=O)Nc2ccccc2I)cc1. The van der Waals surface area contributed by atoms with Crippen LogP contribution in [0.5, 0.6) is 5.75 Å². The third-order valence-corrected chi connectivity index (χ3v) is 4.08. The lowest BCUT2D eigenvalue weighted by atomic mass is 10.1. The van der Waals surface area contributed by atoms with Gasteiger partial charge in [0.1, 0.15) is 5.75 Å². The first kappa shape index (κ1) is 16.5. The van der Waals surface area contributed by atoms with Crippen LogP contribution in [0.25, 0.3) is 0 Å². The summed E-state index contributed by atoms with van der Waals surface area (Å²) in [6, 6.07) is 14.4. The van der Waals surface area contributed by atoms with Gasteiger partial charge >= 0.3 is 0 Å². The normalized spacial score (nSPS) is 10.1. The monoisotopic (exact) mass is 409 g/mol.